The van der Waals surface area contributed by atoms with Crippen molar-refractivity contribution in [3.63, 3.8) is 0 Å². The van der Waals surface area contributed by atoms with Crippen molar-refractivity contribution >= 4 is 16.5 Å². The number of hydrogen-bond acceptors (Lipinski definition) is 4. The van der Waals surface area contributed by atoms with E-state index >= 15 is 0 Å². The maximum atomic E-state index is 11.0. The van der Waals surface area contributed by atoms with Gasteiger partial charge in [-0.25, -0.2) is 0 Å². The monoisotopic (exact) mass is 270 g/mol. The molecule has 0 aliphatic rings. The third-order valence-corrected chi connectivity index (χ3v) is 3.00. The largest absolute Gasteiger partial charge is 0.493 e. The van der Waals surface area contributed by atoms with Gasteiger partial charge < -0.3 is 4.74 Å². The molecule has 0 saturated heterocycles. The lowest BCUT2D eigenvalue weighted by Crippen LogP contribution is -1.98. The number of fused-ring (bicyclic) bond motifs is 1. The predicted octanol–water partition coefficient (Wildman–Crippen LogP) is 3.82. The molecule has 0 spiro atoms. The summed E-state index contributed by atoms with van der Waals surface area (Å²) < 4.78 is 5.67. The van der Waals surface area contributed by atoms with Crippen LogP contribution in [0.25, 0.3) is 10.8 Å². The molecule has 0 amide bonds. The van der Waals surface area contributed by atoms with E-state index in [0.29, 0.717) is 24.2 Å². The average molecular weight is 270 g/mol. The second-order valence-corrected chi connectivity index (χ2v) is 4.35. The molecule has 0 aromatic heterocycles. The number of nitriles is 1. The number of nitrogens with zero attached hydrogens (tertiary/aromatic N) is 2. The Kier molecular flexibility index (Phi) is 4.51. The Labute approximate surface area is 116 Å². The predicted molar refractivity (Wildman–Crippen MR) is 75.6 cm³/mol. The topological polar surface area (TPSA) is 76.2 Å². The number of unbranched alkanes of at least 4 members (excludes halogenated alkanes) is 2. The lowest BCUT2D eigenvalue weighted by molar-refractivity contribution is -0.383. The van der Waals surface area contributed by atoms with Gasteiger partial charge in [0.25, 0.3) is 5.69 Å². The minimum absolute atomic E-state index is 0.0810. The van der Waals surface area contributed by atoms with Gasteiger partial charge in [0.2, 0.25) is 0 Å². The molecule has 102 valence electrons. The van der Waals surface area contributed by atoms with Gasteiger partial charge in [0.1, 0.15) is 5.75 Å². The number of benzene rings is 2. The van der Waals surface area contributed by atoms with Crippen LogP contribution in [0.1, 0.15) is 19.3 Å². The lowest BCUT2D eigenvalue weighted by atomic mass is 10.1. The van der Waals surface area contributed by atoms with Crippen LogP contribution in [0.5, 0.6) is 5.75 Å². The Bertz CT molecular complexity index is 662. The molecular formula is C15H14N2O3. The van der Waals surface area contributed by atoms with Crippen molar-refractivity contribution in [2.45, 2.75) is 19.3 Å². The second-order valence-electron chi connectivity index (χ2n) is 4.35. The van der Waals surface area contributed by atoms with Gasteiger partial charge in [-0.15, -0.1) is 0 Å². The van der Waals surface area contributed by atoms with Crippen LogP contribution in [-0.4, -0.2) is 11.5 Å². The van der Waals surface area contributed by atoms with Crippen LogP contribution >= 0.6 is 0 Å². The van der Waals surface area contributed by atoms with Crippen LogP contribution < -0.4 is 4.74 Å². The summed E-state index contributed by atoms with van der Waals surface area (Å²) in [6.45, 7) is 0.503. The molecule has 0 atom stereocenters. The molecular weight excluding hydrogens is 256 g/mol. The van der Waals surface area contributed by atoms with Crippen molar-refractivity contribution in [3.8, 4) is 11.8 Å². The van der Waals surface area contributed by atoms with E-state index in [0.717, 1.165) is 18.2 Å². The minimum atomic E-state index is -0.390. The molecule has 20 heavy (non-hydrogen) atoms. The van der Waals surface area contributed by atoms with Crippen molar-refractivity contribution in [1.29, 1.82) is 5.26 Å². The fraction of sp³-hybridized carbons (Fsp3) is 0.267. The molecule has 2 aromatic carbocycles. The van der Waals surface area contributed by atoms with E-state index in [1.54, 1.807) is 18.2 Å². The van der Waals surface area contributed by atoms with Crippen LogP contribution in [0.3, 0.4) is 0 Å². The van der Waals surface area contributed by atoms with Gasteiger partial charge in [-0.05, 0) is 25.0 Å². The van der Waals surface area contributed by atoms with Crippen molar-refractivity contribution < 1.29 is 9.66 Å². The Balaban J connectivity index is 2.21. The fourth-order valence-corrected chi connectivity index (χ4v) is 2.03. The molecule has 0 aliphatic heterocycles. The summed E-state index contributed by atoms with van der Waals surface area (Å²) in [5.41, 5.74) is 0.0810. The Hall–Kier alpha value is -2.61. The van der Waals surface area contributed by atoms with Gasteiger partial charge in [0.15, 0.2) is 0 Å². The number of non-ortho nitro benzene ring substituents is 1. The van der Waals surface area contributed by atoms with Gasteiger partial charge in [-0.2, -0.15) is 5.26 Å². The highest BCUT2D eigenvalue weighted by Crippen LogP contribution is 2.32. The normalized spacial score (nSPS) is 10.2. The van der Waals surface area contributed by atoms with Gasteiger partial charge in [-0.3, -0.25) is 10.1 Å². The SMILES string of the molecule is N#CCCCCOc1ccc([N+](=O)[O-])c2ccccc12. The van der Waals surface area contributed by atoms with Crippen molar-refractivity contribution in [1.82, 2.24) is 0 Å². The summed E-state index contributed by atoms with van der Waals surface area (Å²) in [5, 5.41) is 20.8. The molecule has 0 aliphatic carbocycles. The number of ether oxygens (including phenoxy) is 1. The molecule has 5 nitrogen and oxygen atoms in total. The maximum Gasteiger partial charge on any atom is 0.277 e. The Morgan fingerprint density at radius 1 is 1.15 bits per heavy atom. The molecule has 2 aromatic rings. The standard InChI is InChI=1S/C15H14N2O3/c16-10-4-1-5-11-20-15-9-8-14(17(18)19)12-6-2-3-7-13(12)15/h2-3,6-9H,1,4-5,11H2. The van der Waals surface area contributed by atoms with E-state index in [-0.39, 0.29) is 10.6 Å². The lowest BCUT2D eigenvalue weighted by Gasteiger charge is -2.09. The molecule has 0 saturated carbocycles. The number of nitro groups is 1. The van der Waals surface area contributed by atoms with E-state index in [9.17, 15) is 10.1 Å². The van der Waals surface area contributed by atoms with Gasteiger partial charge >= 0.3 is 0 Å². The maximum absolute atomic E-state index is 11.0. The van der Waals surface area contributed by atoms with Gasteiger partial charge in [-0.1, -0.05) is 18.2 Å². The third-order valence-electron chi connectivity index (χ3n) is 3.00. The van der Waals surface area contributed by atoms with Gasteiger partial charge in [0, 0.05) is 17.9 Å². The van der Waals surface area contributed by atoms with E-state index in [1.165, 1.54) is 6.07 Å². The van der Waals surface area contributed by atoms with E-state index in [4.69, 9.17) is 10.00 Å². The molecule has 0 radical (unpaired) electrons. The van der Waals surface area contributed by atoms with Crippen molar-refractivity contribution in [3.05, 3.63) is 46.5 Å². The molecule has 0 N–H and O–H groups in total. The zero-order valence-corrected chi connectivity index (χ0v) is 10.9. The quantitative estimate of drug-likeness (QED) is 0.454. The average Bonchev–Trinajstić information content (AvgIpc) is 2.46. The van der Waals surface area contributed by atoms with Crippen LogP contribution in [0, 0.1) is 21.4 Å². The van der Waals surface area contributed by atoms with Crippen molar-refractivity contribution in [2.24, 2.45) is 0 Å². The zero-order valence-electron chi connectivity index (χ0n) is 10.9. The van der Waals surface area contributed by atoms with Crippen LogP contribution in [0.4, 0.5) is 5.69 Å². The summed E-state index contributed by atoms with van der Waals surface area (Å²) in [6, 6.07) is 12.3. The van der Waals surface area contributed by atoms with Crippen LogP contribution in [0.2, 0.25) is 0 Å². The first-order valence-corrected chi connectivity index (χ1v) is 6.40. The van der Waals surface area contributed by atoms with E-state index < -0.39 is 0 Å². The molecule has 0 bridgehead atoms. The third kappa shape index (κ3) is 3.04. The summed E-state index contributed by atoms with van der Waals surface area (Å²) in [5.74, 6) is 0.642. The van der Waals surface area contributed by atoms with E-state index in [2.05, 4.69) is 6.07 Å². The van der Waals surface area contributed by atoms with Crippen LogP contribution in [0.15, 0.2) is 36.4 Å². The smallest absolute Gasteiger partial charge is 0.277 e. The summed E-state index contributed by atoms with van der Waals surface area (Å²) in [7, 11) is 0. The first-order valence-electron chi connectivity index (χ1n) is 6.40. The summed E-state index contributed by atoms with van der Waals surface area (Å²) >= 11 is 0. The number of hydrogen-bond donors (Lipinski definition) is 0. The molecule has 0 heterocycles. The van der Waals surface area contributed by atoms with Crippen molar-refractivity contribution in [2.75, 3.05) is 6.61 Å². The Morgan fingerprint density at radius 2 is 1.90 bits per heavy atom. The fourth-order valence-electron chi connectivity index (χ4n) is 2.03. The molecule has 0 unspecified atom stereocenters. The number of rotatable bonds is 6. The summed E-state index contributed by atoms with van der Waals surface area (Å²) in [4.78, 5) is 10.6. The summed E-state index contributed by atoms with van der Waals surface area (Å²) in [6.07, 6.45) is 2.10. The highest BCUT2D eigenvalue weighted by molar-refractivity contribution is 5.95. The Morgan fingerprint density at radius 3 is 2.60 bits per heavy atom. The molecule has 5 heteroatoms. The first-order chi connectivity index (χ1) is 9.74. The van der Waals surface area contributed by atoms with Crippen LogP contribution in [-0.2, 0) is 0 Å². The van der Waals surface area contributed by atoms with Gasteiger partial charge in [0.05, 0.1) is 23.0 Å². The second kappa shape index (κ2) is 6.53. The number of nitro benzene ring substituents is 1. The molecule has 2 rings (SSSR count). The molecule has 0 fully saturated rings. The minimum Gasteiger partial charge on any atom is -0.493 e. The first kappa shape index (κ1) is 13.8. The van der Waals surface area contributed by atoms with E-state index in [1.807, 2.05) is 12.1 Å². The highest BCUT2D eigenvalue weighted by atomic mass is 16.6. The zero-order chi connectivity index (χ0) is 14.4. The highest BCUT2D eigenvalue weighted by Gasteiger charge is 2.14.